The molecule has 2 aliphatic carbocycles. The van der Waals surface area contributed by atoms with Crippen LogP contribution in [0.25, 0.3) is 0 Å². The summed E-state index contributed by atoms with van der Waals surface area (Å²) in [6.45, 7) is 2.83. The third-order valence-corrected chi connectivity index (χ3v) is 5.68. The molecule has 0 bridgehead atoms. The number of hydrogen-bond donors (Lipinski definition) is 1. The third-order valence-electron chi connectivity index (χ3n) is 4.55. The van der Waals surface area contributed by atoms with Crippen molar-refractivity contribution in [2.75, 3.05) is 25.9 Å². The number of nitrogens with zero attached hydrogens (tertiary/aromatic N) is 1. The van der Waals surface area contributed by atoms with Gasteiger partial charge in [0, 0.05) is 25.9 Å². The van der Waals surface area contributed by atoms with Gasteiger partial charge in [0.1, 0.15) is 0 Å². The van der Waals surface area contributed by atoms with Crippen molar-refractivity contribution in [1.29, 1.82) is 0 Å². The van der Waals surface area contributed by atoms with Gasteiger partial charge in [-0.1, -0.05) is 12.1 Å². The fourth-order valence-electron chi connectivity index (χ4n) is 2.84. The molecule has 5 heteroatoms. The van der Waals surface area contributed by atoms with E-state index in [9.17, 15) is 13.5 Å². The number of aliphatic hydroxyl groups is 1. The molecule has 2 aliphatic rings. The van der Waals surface area contributed by atoms with Crippen molar-refractivity contribution in [2.24, 2.45) is 11.8 Å². The second-order valence-electron chi connectivity index (χ2n) is 6.96. The minimum atomic E-state index is -3.18. The van der Waals surface area contributed by atoms with E-state index in [1.807, 2.05) is 0 Å². The van der Waals surface area contributed by atoms with Crippen LogP contribution in [0.15, 0.2) is 29.2 Å². The van der Waals surface area contributed by atoms with Crippen LogP contribution in [-0.2, 0) is 9.84 Å². The van der Waals surface area contributed by atoms with Crippen LogP contribution in [0.2, 0.25) is 0 Å². The lowest BCUT2D eigenvalue weighted by Crippen LogP contribution is -2.32. The van der Waals surface area contributed by atoms with E-state index in [0.717, 1.165) is 30.5 Å². The summed E-state index contributed by atoms with van der Waals surface area (Å²) < 4.78 is 23.0. The summed E-state index contributed by atoms with van der Waals surface area (Å²) in [7, 11) is -3.18. The Balaban J connectivity index is 1.62. The minimum absolute atomic E-state index is 0.302. The van der Waals surface area contributed by atoms with E-state index in [-0.39, 0.29) is 0 Å². The number of rotatable bonds is 8. The normalized spacial score (nSPS) is 20.3. The number of aliphatic hydroxyl groups excluding tert-OH is 1. The van der Waals surface area contributed by atoms with Gasteiger partial charge in [0.15, 0.2) is 9.84 Å². The second-order valence-corrected chi connectivity index (χ2v) is 8.98. The van der Waals surface area contributed by atoms with E-state index in [0.29, 0.717) is 11.4 Å². The zero-order chi connectivity index (χ0) is 15.7. The maximum atomic E-state index is 11.5. The van der Waals surface area contributed by atoms with Gasteiger partial charge in [-0.05, 0) is 55.2 Å². The molecule has 0 amide bonds. The monoisotopic (exact) mass is 323 g/mol. The first-order chi connectivity index (χ1) is 10.4. The molecular weight excluding hydrogens is 298 g/mol. The largest absolute Gasteiger partial charge is 0.387 e. The molecule has 0 radical (unpaired) electrons. The highest BCUT2D eigenvalue weighted by Gasteiger charge is 2.30. The molecule has 22 heavy (non-hydrogen) atoms. The molecule has 0 saturated heterocycles. The molecule has 0 aliphatic heterocycles. The summed E-state index contributed by atoms with van der Waals surface area (Å²) in [5.41, 5.74) is 0.795. The number of sulfone groups is 1. The fourth-order valence-corrected chi connectivity index (χ4v) is 3.47. The second kappa shape index (κ2) is 6.30. The van der Waals surface area contributed by atoms with Crippen LogP contribution in [0.3, 0.4) is 0 Å². The first-order valence-electron chi connectivity index (χ1n) is 8.12. The SMILES string of the molecule is CS(=O)(=O)c1ccc(C(O)CN(CC2CC2)CC2CC2)cc1. The molecule has 1 N–H and O–H groups in total. The van der Waals surface area contributed by atoms with Gasteiger partial charge in [0.25, 0.3) is 0 Å². The van der Waals surface area contributed by atoms with Crippen LogP contribution in [0.4, 0.5) is 0 Å². The van der Waals surface area contributed by atoms with E-state index in [1.54, 1.807) is 24.3 Å². The van der Waals surface area contributed by atoms with Gasteiger partial charge in [0.05, 0.1) is 11.0 Å². The van der Waals surface area contributed by atoms with Crippen molar-refractivity contribution in [3.8, 4) is 0 Å². The molecule has 3 rings (SSSR count). The van der Waals surface area contributed by atoms with Crippen LogP contribution in [-0.4, -0.2) is 44.3 Å². The Bertz CT molecular complexity index is 589. The van der Waals surface area contributed by atoms with Crippen molar-refractivity contribution in [2.45, 2.75) is 36.7 Å². The molecule has 1 aromatic carbocycles. The lowest BCUT2D eigenvalue weighted by molar-refractivity contribution is 0.107. The van der Waals surface area contributed by atoms with Crippen LogP contribution < -0.4 is 0 Å². The van der Waals surface area contributed by atoms with Crippen molar-refractivity contribution in [1.82, 2.24) is 4.90 Å². The highest BCUT2D eigenvalue weighted by molar-refractivity contribution is 7.90. The van der Waals surface area contributed by atoms with Crippen molar-refractivity contribution >= 4 is 9.84 Å². The average Bonchev–Trinajstić information content (AvgIpc) is 3.34. The van der Waals surface area contributed by atoms with Gasteiger partial charge in [0.2, 0.25) is 0 Å². The summed E-state index contributed by atoms with van der Waals surface area (Å²) in [5.74, 6) is 1.64. The van der Waals surface area contributed by atoms with Gasteiger partial charge in [-0.15, -0.1) is 0 Å². The Morgan fingerprint density at radius 3 is 2.00 bits per heavy atom. The number of hydrogen-bond acceptors (Lipinski definition) is 4. The van der Waals surface area contributed by atoms with Gasteiger partial charge < -0.3 is 5.11 Å². The summed E-state index contributed by atoms with van der Waals surface area (Å²) in [5, 5.41) is 10.5. The topological polar surface area (TPSA) is 57.6 Å². The van der Waals surface area contributed by atoms with Crippen LogP contribution in [0.5, 0.6) is 0 Å². The lowest BCUT2D eigenvalue weighted by Gasteiger charge is -2.25. The maximum Gasteiger partial charge on any atom is 0.175 e. The molecule has 4 nitrogen and oxygen atoms in total. The van der Waals surface area contributed by atoms with Gasteiger partial charge in [-0.2, -0.15) is 0 Å². The Hall–Kier alpha value is -0.910. The smallest absolute Gasteiger partial charge is 0.175 e. The van der Waals surface area contributed by atoms with E-state index in [2.05, 4.69) is 4.90 Å². The molecular formula is C17H25NO3S. The molecule has 2 fully saturated rings. The first-order valence-corrected chi connectivity index (χ1v) is 10.0. The predicted molar refractivity (Wildman–Crippen MR) is 86.4 cm³/mol. The molecule has 1 aromatic rings. The van der Waals surface area contributed by atoms with Gasteiger partial charge in [-0.3, -0.25) is 4.90 Å². The zero-order valence-electron chi connectivity index (χ0n) is 13.1. The van der Waals surface area contributed by atoms with Gasteiger partial charge >= 0.3 is 0 Å². The summed E-state index contributed by atoms with van der Waals surface area (Å²) >= 11 is 0. The van der Waals surface area contributed by atoms with E-state index < -0.39 is 15.9 Å². The Labute approximate surface area is 133 Å². The van der Waals surface area contributed by atoms with Crippen LogP contribution in [0, 0.1) is 11.8 Å². The van der Waals surface area contributed by atoms with E-state index >= 15 is 0 Å². The molecule has 0 aromatic heterocycles. The van der Waals surface area contributed by atoms with Crippen molar-refractivity contribution in [3.05, 3.63) is 29.8 Å². The first kappa shape index (κ1) is 16.0. The number of benzene rings is 1. The predicted octanol–water partition coefficient (Wildman–Crippen LogP) is 2.25. The average molecular weight is 323 g/mol. The maximum absolute atomic E-state index is 11.5. The highest BCUT2D eigenvalue weighted by atomic mass is 32.2. The summed E-state index contributed by atoms with van der Waals surface area (Å²) in [6, 6.07) is 6.63. The third kappa shape index (κ3) is 4.54. The van der Waals surface area contributed by atoms with Gasteiger partial charge in [-0.25, -0.2) is 8.42 Å². The van der Waals surface area contributed by atoms with Crippen molar-refractivity contribution < 1.29 is 13.5 Å². The van der Waals surface area contributed by atoms with Crippen LogP contribution in [0.1, 0.15) is 37.4 Å². The standard InChI is InChI=1S/C17H25NO3S/c1-22(20,21)16-8-6-15(7-9-16)17(19)12-18(10-13-2-3-13)11-14-4-5-14/h6-9,13-14,17,19H,2-5,10-12H2,1H3. The molecule has 0 spiro atoms. The Morgan fingerprint density at radius 2 is 1.59 bits per heavy atom. The molecule has 1 atom stereocenters. The lowest BCUT2D eigenvalue weighted by atomic mass is 10.1. The van der Waals surface area contributed by atoms with E-state index in [4.69, 9.17) is 0 Å². The van der Waals surface area contributed by atoms with Crippen LogP contribution >= 0.6 is 0 Å². The molecule has 2 saturated carbocycles. The fraction of sp³-hybridized carbons (Fsp3) is 0.647. The Kier molecular flexibility index (Phi) is 4.57. The molecule has 122 valence electrons. The zero-order valence-corrected chi connectivity index (χ0v) is 13.9. The highest BCUT2D eigenvalue weighted by Crippen LogP contribution is 2.34. The summed E-state index contributed by atoms with van der Waals surface area (Å²) in [6.07, 6.45) is 5.93. The molecule has 1 unspecified atom stereocenters. The Morgan fingerprint density at radius 1 is 1.09 bits per heavy atom. The quantitative estimate of drug-likeness (QED) is 0.797. The van der Waals surface area contributed by atoms with Crippen molar-refractivity contribution in [3.63, 3.8) is 0 Å². The minimum Gasteiger partial charge on any atom is -0.387 e. The summed E-state index contributed by atoms with van der Waals surface area (Å²) in [4.78, 5) is 2.70. The molecule has 0 heterocycles. The van der Waals surface area contributed by atoms with E-state index in [1.165, 1.54) is 31.9 Å².